The smallest absolute Gasteiger partial charge is 0.248 e. The first-order valence-electron chi connectivity index (χ1n) is 5.56. The van der Waals surface area contributed by atoms with Gasteiger partial charge in [-0.25, -0.2) is 0 Å². The Hall–Kier alpha value is -2.09. The van der Waals surface area contributed by atoms with E-state index in [0.29, 0.717) is 5.56 Å². The molecule has 0 aromatic heterocycles. The van der Waals surface area contributed by atoms with E-state index in [9.17, 15) is 4.79 Å². The fourth-order valence-corrected chi connectivity index (χ4v) is 1.90. The first-order valence-corrected chi connectivity index (χ1v) is 5.56. The molecule has 2 nitrogen and oxygen atoms in total. The van der Waals surface area contributed by atoms with Crippen molar-refractivity contribution in [1.82, 2.24) is 0 Å². The number of hydrogen-bond acceptors (Lipinski definition) is 1. The summed E-state index contributed by atoms with van der Waals surface area (Å²) in [6.07, 6.45) is 0. The van der Waals surface area contributed by atoms with Crippen LogP contribution in [0.1, 0.15) is 21.5 Å². The molecule has 0 radical (unpaired) electrons. The lowest BCUT2D eigenvalue weighted by molar-refractivity contribution is 0.100. The van der Waals surface area contributed by atoms with Gasteiger partial charge in [0.25, 0.3) is 0 Å². The third kappa shape index (κ3) is 2.21. The number of aryl methyl sites for hydroxylation is 1. The molecule has 1 amide bonds. The van der Waals surface area contributed by atoms with Crippen LogP contribution in [0, 0.1) is 13.8 Å². The number of benzene rings is 2. The summed E-state index contributed by atoms with van der Waals surface area (Å²) in [6.45, 7) is 4.17. The molecular weight excluding hydrogens is 210 g/mol. The van der Waals surface area contributed by atoms with E-state index in [-0.39, 0.29) is 0 Å². The summed E-state index contributed by atoms with van der Waals surface area (Å²) in [4.78, 5) is 11.2. The number of primary amides is 1. The van der Waals surface area contributed by atoms with Crippen LogP contribution in [0.5, 0.6) is 0 Å². The molecule has 17 heavy (non-hydrogen) atoms. The molecule has 86 valence electrons. The van der Waals surface area contributed by atoms with Crippen LogP contribution < -0.4 is 5.73 Å². The molecule has 0 aliphatic heterocycles. The van der Waals surface area contributed by atoms with Crippen molar-refractivity contribution in [3.8, 4) is 11.1 Å². The van der Waals surface area contributed by atoms with Crippen molar-refractivity contribution in [3.63, 3.8) is 0 Å². The average molecular weight is 225 g/mol. The number of nitrogens with two attached hydrogens (primary N) is 1. The molecule has 0 unspecified atom stereocenters. The van der Waals surface area contributed by atoms with Crippen molar-refractivity contribution in [2.45, 2.75) is 13.8 Å². The molecule has 0 aliphatic rings. The molecule has 2 aromatic carbocycles. The van der Waals surface area contributed by atoms with Gasteiger partial charge in [0.2, 0.25) is 5.91 Å². The molecule has 0 spiro atoms. The molecule has 0 aliphatic carbocycles. The molecule has 2 heteroatoms. The van der Waals surface area contributed by atoms with Gasteiger partial charge in [0.05, 0.1) is 0 Å². The monoisotopic (exact) mass is 225 g/mol. The van der Waals surface area contributed by atoms with Gasteiger partial charge >= 0.3 is 0 Å². The van der Waals surface area contributed by atoms with Crippen LogP contribution in [0.4, 0.5) is 0 Å². The van der Waals surface area contributed by atoms with Crippen LogP contribution >= 0.6 is 0 Å². The second-order valence-corrected chi connectivity index (χ2v) is 4.19. The van der Waals surface area contributed by atoms with Crippen molar-refractivity contribution in [1.29, 1.82) is 0 Å². The number of amides is 1. The van der Waals surface area contributed by atoms with Crippen molar-refractivity contribution in [2.24, 2.45) is 5.73 Å². The Bertz CT molecular complexity index is 573. The predicted molar refractivity (Wildman–Crippen MR) is 69.9 cm³/mol. The number of rotatable bonds is 2. The topological polar surface area (TPSA) is 43.1 Å². The van der Waals surface area contributed by atoms with Crippen LogP contribution in [0.15, 0.2) is 42.5 Å². The summed E-state index contributed by atoms with van der Waals surface area (Å²) >= 11 is 0. The third-order valence-corrected chi connectivity index (χ3v) is 3.06. The van der Waals surface area contributed by atoms with Crippen LogP contribution in [0.3, 0.4) is 0 Å². The molecule has 2 N–H and O–H groups in total. The summed E-state index contributed by atoms with van der Waals surface area (Å²) in [5.41, 5.74) is 10.5. The molecule has 0 fully saturated rings. The molecule has 0 saturated heterocycles. The Labute approximate surface area is 101 Å². The Morgan fingerprint density at radius 3 is 2.47 bits per heavy atom. The van der Waals surface area contributed by atoms with Gasteiger partial charge in [-0.2, -0.15) is 0 Å². The summed E-state index contributed by atoms with van der Waals surface area (Å²) in [5, 5.41) is 0. The van der Waals surface area contributed by atoms with Gasteiger partial charge in [-0.3, -0.25) is 4.79 Å². The first-order chi connectivity index (χ1) is 8.09. The van der Waals surface area contributed by atoms with Crippen LogP contribution in [-0.4, -0.2) is 5.91 Å². The minimum Gasteiger partial charge on any atom is -0.366 e. The largest absolute Gasteiger partial charge is 0.366 e. The fourth-order valence-electron chi connectivity index (χ4n) is 1.90. The van der Waals surface area contributed by atoms with E-state index in [2.05, 4.69) is 26.0 Å². The Morgan fingerprint density at radius 2 is 1.76 bits per heavy atom. The van der Waals surface area contributed by atoms with Gasteiger partial charge in [0, 0.05) is 5.56 Å². The van der Waals surface area contributed by atoms with Gasteiger partial charge in [0.15, 0.2) is 0 Å². The second kappa shape index (κ2) is 4.42. The molecular formula is C15H15NO. The van der Waals surface area contributed by atoms with Gasteiger partial charge in [-0.15, -0.1) is 0 Å². The van der Waals surface area contributed by atoms with Gasteiger partial charge in [0.1, 0.15) is 0 Å². The Balaban J connectivity index is 2.57. The zero-order valence-electron chi connectivity index (χ0n) is 10.0. The molecule has 0 heterocycles. The van der Waals surface area contributed by atoms with Crippen molar-refractivity contribution in [2.75, 3.05) is 0 Å². The lowest BCUT2D eigenvalue weighted by Gasteiger charge is -2.09. The summed E-state index contributed by atoms with van der Waals surface area (Å²) in [6, 6.07) is 13.6. The quantitative estimate of drug-likeness (QED) is 0.838. The maximum absolute atomic E-state index is 11.2. The van der Waals surface area contributed by atoms with Gasteiger partial charge in [-0.1, -0.05) is 30.3 Å². The summed E-state index contributed by atoms with van der Waals surface area (Å²) in [7, 11) is 0. The standard InChI is InChI=1S/C15H15NO/c1-10-5-3-8-14(11(10)2)12-6-4-7-13(9-12)15(16)17/h3-9H,1-2H3,(H2,16,17). The molecule has 2 rings (SSSR count). The lowest BCUT2D eigenvalue weighted by Crippen LogP contribution is -2.10. The van der Waals surface area contributed by atoms with E-state index < -0.39 is 5.91 Å². The predicted octanol–water partition coefficient (Wildman–Crippen LogP) is 3.07. The van der Waals surface area contributed by atoms with Crippen LogP contribution in [0.25, 0.3) is 11.1 Å². The van der Waals surface area contributed by atoms with Crippen molar-refractivity contribution in [3.05, 3.63) is 59.2 Å². The minimum atomic E-state index is -0.392. The first kappa shape index (κ1) is 11.4. The second-order valence-electron chi connectivity index (χ2n) is 4.19. The number of hydrogen-bond donors (Lipinski definition) is 1. The molecule has 0 atom stereocenters. The van der Waals surface area contributed by atoms with Crippen molar-refractivity contribution >= 4 is 5.91 Å². The maximum Gasteiger partial charge on any atom is 0.248 e. The fraction of sp³-hybridized carbons (Fsp3) is 0.133. The highest BCUT2D eigenvalue weighted by molar-refractivity contribution is 5.94. The third-order valence-electron chi connectivity index (χ3n) is 3.06. The zero-order valence-corrected chi connectivity index (χ0v) is 10.0. The van der Waals surface area contributed by atoms with E-state index in [0.717, 1.165) is 11.1 Å². The van der Waals surface area contributed by atoms with E-state index in [1.165, 1.54) is 11.1 Å². The Kier molecular flexibility index (Phi) is 2.96. The summed E-state index contributed by atoms with van der Waals surface area (Å²) < 4.78 is 0. The van der Waals surface area contributed by atoms with Crippen LogP contribution in [-0.2, 0) is 0 Å². The highest BCUT2D eigenvalue weighted by Crippen LogP contribution is 2.25. The maximum atomic E-state index is 11.2. The van der Waals surface area contributed by atoms with E-state index >= 15 is 0 Å². The summed E-state index contributed by atoms with van der Waals surface area (Å²) in [5.74, 6) is -0.392. The molecule has 2 aromatic rings. The normalized spacial score (nSPS) is 10.2. The minimum absolute atomic E-state index is 0.392. The zero-order chi connectivity index (χ0) is 12.4. The van der Waals surface area contributed by atoms with E-state index in [4.69, 9.17) is 5.73 Å². The highest BCUT2D eigenvalue weighted by Gasteiger charge is 2.06. The molecule has 0 saturated carbocycles. The lowest BCUT2D eigenvalue weighted by atomic mass is 9.96. The highest BCUT2D eigenvalue weighted by atomic mass is 16.1. The number of carbonyl (C=O) groups excluding carboxylic acids is 1. The van der Waals surface area contributed by atoms with Crippen LogP contribution in [0.2, 0.25) is 0 Å². The molecule has 0 bridgehead atoms. The average Bonchev–Trinajstić information content (AvgIpc) is 2.33. The Morgan fingerprint density at radius 1 is 1.06 bits per heavy atom. The van der Waals surface area contributed by atoms with E-state index in [1.807, 2.05) is 24.3 Å². The SMILES string of the molecule is Cc1cccc(-c2cccc(C(N)=O)c2)c1C. The van der Waals surface area contributed by atoms with Gasteiger partial charge in [-0.05, 0) is 48.2 Å². The number of carbonyl (C=O) groups is 1. The van der Waals surface area contributed by atoms with E-state index in [1.54, 1.807) is 6.07 Å². The van der Waals surface area contributed by atoms with Crippen molar-refractivity contribution < 1.29 is 4.79 Å². The van der Waals surface area contributed by atoms with Gasteiger partial charge < -0.3 is 5.73 Å².